The lowest BCUT2D eigenvalue weighted by Crippen LogP contribution is -2.34. The normalized spacial score (nSPS) is 13.9. The van der Waals surface area contributed by atoms with Crippen LogP contribution in [0.2, 0.25) is 0 Å². The molecule has 2 atom stereocenters. The standard InChI is InChI=1S/C19H39FN2O7/c1-16(17(20)15-21)28-14-13-27-12-11-26-10-9-25-8-7-24-6-5-22-18(23)29-19(2,3)4/h16-17H,5-15,21H2,1-4H3,(H,22,23). The molecule has 0 fully saturated rings. The van der Waals surface area contributed by atoms with Gasteiger partial charge in [-0.05, 0) is 27.7 Å². The maximum atomic E-state index is 13.1. The van der Waals surface area contributed by atoms with Crippen molar-refractivity contribution in [2.75, 3.05) is 72.6 Å². The van der Waals surface area contributed by atoms with Crippen LogP contribution < -0.4 is 11.1 Å². The minimum Gasteiger partial charge on any atom is -0.444 e. The fourth-order valence-electron chi connectivity index (χ4n) is 1.89. The van der Waals surface area contributed by atoms with Crippen molar-refractivity contribution in [3.63, 3.8) is 0 Å². The monoisotopic (exact) mass is 426 g/mol. The summed E-state index contributed by atoms with van der Waals surface area (Å²) < 4.78 is 44.9. The van der Waals surface area contributed by atoms with Crippen LogP contribution in [0, 0.1) is 0 Å². The number of carbonyl (C=O) groups is 1. The zero-order chi connectivity index (χ0) is 22.0. The van der Waals surface area contributed by atoms with Gasteiger partial charge in [-0.1, -0.05) is 0 Å². The zero-order valence-corrected chi connectivity index (χ0v) is 18.2. The smallest absolute Gasteiger partial charge is 0.407 e. The maximum absolute atomic E-state index is 13.1. The van der Waals surface area contributed by atoms with Gasteiger partial charge in [-0.2, -0.15) is 0 Å². The molecule has 0 saturated carbocycles. The minimum atomic E-state index is -1.15. The number of carbonyl (C=O) groups excluding carboxylic acids is 1. The summed E-state index contributed by atoms with van der Waals surface area (Å²) in [5, 5.41) is 2.61. The number of nitrogens with two attached hydrogens (primary N) is 1. The van der Waals surface area contributed by atoms with Crippen LogP contribution >= 0.6 is 0 Å². The van der Waals surface area contributed by atoms with Gasteiger partial charge in [0.1, 0.15) is 11.8 Å². The first kappa shape index (κ1) is 28.0. The molecule has 0 rings (SSSR count). The molecule has 10 heteroatoms. The van der Waals surface area contributed by atoms with Crippen LogP contribution in [0.4, 0.5) is 9.18 Å². The third-order valence-electron chi connectivity index (χ3n) is 3.37. The molecule has 2 unspecified atom stereocenters. The third kappa shape index (κ3) is 20.0. The van der Waals surface area contributed by atoms with Gasteiger partial charge < -0.3 is 39.5 Å². The number of hydrogen-bond donors (Lipinski definition) is 2. The Morgan fingerprint density at radius 1 is 0.897 bits per heavy atom. The lowest BCUT2D eigenvalue weighted by Gasteiger charge is -2.19. The second-order valence-electron chi connectivity index (χ2n) is 7.21. The molecule has 0 aromatic heterocycles. The third-order valence-corrected chi connectivity index (χ3v) is 3.37. The van der Waals surface area contributed by atoms with Gasteiger partial charge in [-0.15, -0.1) is 0 Å². The SMILES string of the molecule is CC(OCCOCCOCCOCCOCCNC(=O)OC(C)(C)C)C(F)CN. The molecule has 3 N–H and O–H groups in total. The maximum Gasteiger partial charge on any atom is 0.407 e. The van der Waals surface area contributed by atoms with Gasteiger partial charge in [0.25, 0.3) is 0 Å². The summed E-state index contributed by atoms with van der Waals surface area (Å²) in [7, 11) is 0. The molecule has 0 radical (unpaired) electrons. The summed E-state index contributed by atoms with van der Waals surface area (Å²) in [6.07, 6.45) is -2.14. The summed E-state index contributed by atoms with van der Waals surface area (Å²) in [6, 6.07) is 0. The lowest BCUT2D eigenvalue weighted by atomic mass is 10.2. The summed E-state index contributed by atoms with van der Waals surface area (Å²) in [5.74, 6) is 0. The van der Waals surface area contributed by atoms with Crippen molar-refractivity contribution in [2.24, 2.45) is 5.73 Å². The summed E-state index contributed by atoms with van der Waals surface area (Å²) >= 11 is 0. The van der Waals surface area contributed by atoms with E-state index in [0.29, 0.717) is 66.0 Å². The van der Waals surface area contributed by atoms with E-state index in [1.54, 1.807) is 6.92 Å². The molecule has 29 heavy (non-hydrogen) atoms. The number of nitrogens with one attached hydrogen (secondary N) is 1. The van der Waals surface area contributed by atoms with E-state index >= 15 is 0 Å². The fraction of sp³-hybridized carbons (Fsp3) is 0.947. The molecule has 0 bridgehead atoms. The Hall–Kier alpha value is -1.04. The van der Waals surface area contributed by atoms with Crippen molar-refractivity contribution in [1.82, 2.24) is 5.32 Å². The van der Waals surface area contributed by atoms with Crippen LogP contribution in [0.1, 0.15) is 27.7 Å². The quantitative estimate of drug-likeness (QED) is 0.315. The summed E-state index contributed by atoms with van der Waals surface area (Å²) in [5.41, 5.74) is 4.71. The first-order valence-corrected chi connectivity index (χ1v) is 10.00. The Balaban J connectivity index is 3.22. The fourth-order valence-corrected chi connectivity index (χ4v) is 1.89. The number of ether oxygens (including phenoxy) is 6. The van der Waals surface area contributed by atoms with Gasteiger partial charge in [-0.3, -0.25) is 0 Å². The Morgan fingerprint density at radius 3 is 1.79 bits per heavy atom. The Morgan fingerprint density at radius 2 is 1.34 bits per heavy atom. The van der Waals surface area contributed by atoms with Gasteiger partial charge in [0.05, 0.1) is 65.6 Å². The van der Waals surface area contributed by atoms with Crippen molar-refractivity contribution in [2.45, 2.75) is 45.6 Å². The van der Waals surface area contributed by atoms with E-state index in [0.717, 1.165) is 0 Å². The van der Waals surface area contributed by atoms with E-state index in [1.807, 2.05) is 20.8 Å². The Bertz CT molecular complexity index is 397. The molecule has 0 saturated heterocycles. The summed E-state index contributed by atoms with van der Waals surface area (Å²) in [6.45, 7) is 11.1. The molecule has 0 aliphatic heterocycles. The number of alkyl carbamates (subject to hydrolysis) is 1. The lowest BCUT2D eigenvalue weighted by molar-refractivity contribution is -0.0343. The van der Waals surface area contributed by atoms with E-state index < -0.39 is 24.0 Å². The van der Waals surface area contributed by atoms with Crippen molar-refractivity contribution in [1.29, 1.82) is 0 Å². The topological polar surface area (TPSA) is 110 Å². The molecule has 0 aromatic carbocycles. The molecule has 0 spiro atoms. The van der Waals surface area contributed by atoms with Gasteiger partial charge >= 0.3 is 6.09 Å². The number of rotatable bonds is 18. The number of halogens is 1. The molecule has 0 aliphatic carbocycles. The van der Waals surface area contributed by atoms with E-state index in [-0.39, 0.29) is 6.54 Å². The highest BCUT2D eigenvalue weighted by atomic mass is 19.1. The molecule has 9 nitrogen and oxygen atoms in total. The number of amides is 1. The molecular formula is C19H39FN2O7. The van der Waals surface area contributed by atoms with E-state index in [2.05, 4.69) is 5.32 Å². The van der Waals surface area contributed by atoms with Gasteiger partial charge in [0.15, 0.2) is 0 Å². The van der Waals surface area contributed by atoms with E-state index in [4.69, 9.17) is 34.2 Å². The van der Waals surface area contributed by atoms with Crippen LogP contribution in [-0.4, -0.2) is 96.5 Å². The van der Waals surface area contributed by atoms with Crippen molar-refractivity contribution in [3.05, 3.63) is 0 Å². The minimum absolute atomic E-state index is 0.0463. The van der Waals surface area contributed by atoms with Crippen LogP contribution in [0.15, 0.2) is 0 Å². The number of alkyl halides is 1. The Labute approximate surface area is 173 Å². The first-order chi connectivity index (χ1) is 13.8. The molecule has 0 heterocycles. The van der Waals surface area contributed by atoms with Crippen LogP contribution in [0.3, 0.4) is 0 Å². The highest BCUT2D eigenvalue weighted by Gasteiger charge is 2.15. The average Bonchev–Trinajstić information content (AvgIpc) is 2.65. The van der Waals surface area contributed by atoms with Crippen molar-refractivity contribution in [3.8, 4) is 0 Å². The molecule has 0 aliphatic rings. The average molecular weight is 427 g/mol. The first-order valence-electron chi connectivity index (χ1n) is 10.00. The van der Waals surface area contributed by atoms with Crippen LogP contribution in [-0.2, 0) is 28.4 Å². The van der Waals surface area contributed by atoms with Crippen molar-refractivity contribution >= 4 is 6.09 Å². The predicted octanol–water partition coefficient (Wildman–Crippen LogP) is 1.28. The van der Waals surface area contributed by atoms with E-state index in [1.165, 1.54) is 0 Å². The largest absolute Gasteiger partial charge is 0.444 e. The second-order valence-corrected chi connectivity index (χ2v) is 7.21. The van der Waals surface area contributed by atoms with Crippen LogP contribution in [0.25, 0.3) is 0 Å². The molecule has 0 aromatic rings. The van der Waals surface area contributed by atoms with Crippen LogP contribution in [0.5, 0.6) is 0 Å². The highest BCUT2D eigenvalue weighted by molar-refractivity contribution is 5.67. The predicted molar refractivity (Wildman–Crippen MR) is 107 cm³/mol. The number of hydrogen-bond acceptors (Lipinski definition) is 8. The molecular weight excluding hydrogens is 387 g/mol. The zero-order valence-electron chi connectivity index (χ0n) is 18.2. The Kier molecular flexibility index (Phi) is 17.1. The molecule has 1 amide bonds. The summed E-state index contributed by atoms with van der Waals surface area (Å²) in [4.78, 5) is 11.4. The van der Waals surface area contributed by atoms with Gasteiger partial charge in [0, 0.05) is 13.1 Å². The van der Waals surface area contributed by atoms with Gasteiger partial charge in [0.2, 0.25) is 0 Å². The van der Waals surface area contributed by atoms with E-state index in [9.17, 15) is 9.18 Å². The van der Waals surface area contributed by atoms with Crippen molar-refractivity contribution < 1.29 is 37.6 Å². The highest BCUT2D eigenvalue weighted by Crippen LogP contribution is 2.06. The molecule has 174 valence electrons. The second kappa shape index (κ2) is 17.8. The van der Waals surface area contributed by atoms with Gasteiger partial charge in [-0.25, -0.2) is 9.18 Å².